The quantitative estimate of drug-likeness (QED) is 0.459. The minimum atomic E-state index is 0.429. The largest absolute Gasteiger partial charge is 0.429 e. The lowest BCUT2D eigenvalue weighted by molar-refractivity contribution is -0.120. The van der Waals surface area contributed by atoms with Gasteiger partial charge >= 0.3 is 0 Å². The predicted molar refractivity (Wildman–Crippen MR) is 71.1 cm³/mol. The zero-order valence-corrected chi connectivity index (χ0v) is 11.0. The Labute approximate surface area is 111 Å². The Hall–Kier alpha value is -1.55. The molecule has 0 aliphatic rings. The van der Waals surface area contributed by atoms with Gasteiger partial charge in [-0.1, -0.05) is 0 Å². The lowest BCUT2D eigenvalue weighted by atomic mass is 10.2. The second-order valence-corrected chi connectivity index (χ2v) is 4.53. The minimum Gasteiger partial charge on any atom is -0.429 e. The monoisotopic (exact) mass is 266 g/mol. The van der Waals surface area contributed by atoms with Gasteiger partial charge < -0.3 is 9.30 Å². The maximum absolute atomic E-state index is 10.3. The summed E-state index contributed by atoms with van der Waals surface area (Å²) in [5.74, 6) is 1.21. The number of hydrogen-bond donors (Lipinski definition) is 0. The van der Waals surface area contributed by atoms with E-state index in [2.05, 4.69) is 9.55 Å². The highest BCUT2D eigenvalue weighted by atomic mass is 35.5. The van der Waals surface area contributed by atoms with Crippen molar-refractivity contribution in [3.8, 4) is 5.75 Å². The van der Waals surface area contributed by atoms with E-state index in [4.69, 9.17) is 16.3 Å². The van der Waals surface area contributed by atoms with Crippen LogP contribution in [0.2, 0.25) is 0 Å². The van der Waals surface area contributed by atoms with Crippen molar-refractivity contribution >= 4 is 29.1 Å². The summed E-state index contributed by atoms with van der Waals surface area (Å²) in [6.45, 7) is 3.32. The van der Waals surface area contributed by atoms with Gasteiger partial charge in [-0.25, -0.2) is 4.98 Å². The highest BCUT2D eigenvalue weighted by Gasteiger charge is 2.08. The number of ether oxygens (including phenoxy) is 1. The summed E-state index contributed by atoms with van der Waals surface area (Å²) in [4.78, 5) is 14.7. The number of unbranched alkanes of at least 4 members (excludes halogenated alkanes) is 1. The SMILES string of the molecule is Cc1cc(OC=O)cc2ncn(CCCCCl)c12. The van der Waals surface area contributed by atoms with E-state index in [1.807, 2.05) is 19.3 Å². The van der Waals surface area contributed by atoms with E-state index in [1.54, 1.807) is 6.07 Å². The second kappa shape index (κ2) is 5.87. The van der Waals surface area contributed by atoms with Crippen molar-refractivity contribution in [1.82, 2.24) is 9.55 Å². The molecule has 18 heavy (non-hydrogen) atoms. The van der Waals surface area contributed by atoms with Crippen molar-refractivity contribution in [2.45, 2.75) is 26.3 Å². The maximum Gasteiger partial charge on any atom is 0.298 e. The number of aromatic nitrogens is 2. The van der Waals surface area contributed by atoms with Gasteiger partial charge in [-0.15, -0.1) is 11.6 Å². The van der Waals surface area contributed by atoms with E-state index in [0.717, 1.165) is 36.0 Å². The molecular weight excluding hydrogens is 252 g/mol. The number of fused-ring (bicyclic) bond motifs is 1. The molecule has 1 heterocycles. The Kier molecular flexibility index (Phi) is 4.20. The van der Waals surface area contributed by atoms with Gasteiger partial charge in [0.25, 0.3) is 6.47 Å². The van der Waals surface area contributed by atoms with Crippen LogP contribution in [-0.2, 0) is 11.3 Å². The number of rotatable bonds is 6. The molecule has 0 amide bonds. The van der Waals surface area contributed by atoms with Crippen molar-refractivity contribution in [3.05, 3.63) is 24.0 Å². The molecule has 4 nitrogen and oxygen atoms in total. The molecule has 0 radical (unpaired) electrons. The van der Waals surface area contributed by atoms with E-state index < -0.39 is 0 Å². The lowest BCUT2D eigenvalue weighted by Gasteiger charge is -2.06. The summed E-state index contributed by atoms with van der Waals surface area (Å²) >= 11 is 5.67. The molecule has 2 rings (SSSR count). The molecule has 0 saturated heterocycles. The first-order chi connectivity index (χ1) is 8.76. The number of alkyl halides is 1. The molecule has 2 aromatic rings. The number of imidazole rings is 1. The fraction of sp³-hybridized carbons (Fsp3) is 0.385. The first-order valence-electron chi connectivity index (χ1n) is 5.88. The van der Waals surface area contributed by atoms with Crippen LogP contribution in [0.1, 0.15) is 18.4 Å². The first-order valence-corrected chi connectivity index (χ1v) is 6.41. The summed E-state index contributed by atoms with van der Waals surface area (Å²) in [6, 6.07) is 3.62. The first kappa shape index (κ1) is 12.9. The van der Waals surface area contributed by atoms with Crippen molar-refractivity contribution in [3.63, 3.8) is 0 Å². The fourth-order valence-corrected chi connectivity index (χ4v) is 2.25. The number of carbonyl (C=O) groups excluding carboxylic acids is 1. The summed E-state index contributed by atoms with van der Waals surface area (Å²) in [5.41, 5.74) is 2.98. The minimum absolute atomic E-state index is 0.429. The number of hydrogen-bond acceptors (Lipinski definition) is 3. The third-order valence-corrected chi connectivity index (χ3v) is 3.11. The summed E-state index contributed by atoms with van der Waals surface area (Å²) in [5, 5.41) is 0. The second-order valence-electron chi connectivity index (χ2n) is 4.16. The number of carbonyl (C=O) groups is 1. The molecule has 1 aromatic carbocycles. The Balaban J connectivity index is 2.31. The van der Waals surface area contributed by atoms with Gasteiger partial charge in [0.2, 0.25) is 0 Å². The molecule has 0 atom stereocenters. The van der Waals surface area contributed by atoms with Gasteiger partial charge in [0, 0.05) is 18.5 Å². The zero-order valence-electron chi connectivity index (χ0n) is 10.2. The van der Waals surface area contributed by atoms with Gasteiger partial charge in [-0.05, 0) is 31.4 Å². The van der Waals surface area contributed by atoms with Gasteiger partial charge in [-0.2, -0.15) is 0 Å². The lowest BCUT2D eigenvalue weighted by Crippen LogP contribution is -1.98. The molecule has 0 aliphatic carbocycles. The molecule has 0 fully saturated rings. The van der Waals surface area contributed by atoms with Crippen LogP contribution in [0.15, 0.2) is 18.5 Å². The van der Waals surface area contributed by atoms with E-state index in [9.17, 15) is 4.79 Å². The van der Waals surface area contributed by atoms with E-state index in [-0.39, 0.29) is 0 Å². The molecular formula is C13H15ClN2O2. The van der Waals surface area contributed by atoms with Crippen LogP contribution in [-0.4, -0.2) is 21.9 Å². The van der Waals surface area contributed by atoms with E-state index in [1.165, 1.54) is 0 Å². The van der Waals surface area contributed by atoms with Crippen molar-refractivity contribution in [2.24, 2.45) is 0 Å². The van der Waals surface area contributed by atoms with Gasteiger partial charge in [0.1, 0.15) is 5.75 Å². The van der Waals surface area contributed by atoms with E-state index in [0.29, 0.717) is 18.1 Å². The molecule has 0 saturated carbocycles. The number of benzene rings is 1. The van der Waals surface area contributed by atoms with Crippen LogP contribution in [0.4, 0.5) is 0 Å². The normalized spacial score (nSPS) is 10.8. The molecule has 0 N–H and O–H groups in total. The third kappa shape index (κ3) is 2.64. The van der Waals surface area contributed by atoms with Crippen molar-refractivity contribution in [2.75, 3.05) is 5.88 Å². The van der Waals surface area contributed by atoms with Crippen LogP contribution < -0.4 is 4.74 Å². The Bertz CT molecular complexity index is 551. The standard InChI is InChI=1S/C13H15ClN2O2/c1-10-6-11(18-9-17)7-12-13(10)16(8-15-12)5-3-2-4-14/h6-9H,2-5H2,1H3. The van der Waals surface area contributed by atoms with Crippen LogP contribution in [0, 0.1) is 6.92 Å². The highest BCUT2D eigenvalue weighted by molar-refractivity contribution is 6.17. The Morgan fingerprint density at radius 1 is 1.44 bits per heavy atom. The predicted octanol–water partition coefficient (Wildman–Crippen LogP) is 2.90. The average molecular weight is 267 g/mol. The molecule has 5 heteroatoms. The Morgan fingerprint density at radius 2 is 2.28 bits per heavy atom. The summed E-state index contributed by atoms with van der Waals surface area (Å²) in [6.07, 6.45) is 3.84. The molecule has 96 valence electrons. The average Bonchev–Trinajstić information content (AvgIpc) is 2.74. The number of halogens is 1. The van der Waals surface area contributed by atoms with Crippen LogP contribution in [0.5, 0.6) is 5.75 Å². The smallest absolute Gasteiger partial charge is 0.298 e. The Morgan fingerprint density at radius 3 is 3.00 bits per heavy atom. The molecule has 0 spiro atoms. The third-order valence-electron chi connectivity index (χ3n) is 2.84. The van der Waals surface area contributed by atoms with Gasteiger partial charge in [0.15, 0.2) is 0 Å². The number of nitrogens with zero attached hydrogens (tertiary/aromatic N) is 2. The fourth-order valence-electron chi connectivity index (χ4n) is 2.06. The summed E-state index contributed by atoms with van der Waals surface area (Å²) in [7, 11) is 0. The van der Waals surface area contributed by atoms with Crippen LogP contribution >= 0.6 is 11.6 Å². The van der Waals surface area contributed by atoms with Gasteiger partial charge in [0.05, 0.1) is 17.4 Å². The molecule has 0 aliphatic heterocycles. The van der Waals surface area contributed by atoms with Crippen molar-refractivity contribution < 1.29 is 9.53 Å². The topological polar surface area (TPSA) is 44.1 Å². The summed E-state index contributed by atoms with van der Waals surface area (Å²) < 4.78 is 6.97. The molecule has 0 bridgehead atoms. The maximum atomic E-state index is 10.3. The van der Waals surface area contributed by atoms with Crippen molar-refractivity contribution in [1.29, 1.82) is 0 Å². The van der Waals surface area contributed by atoms with Crippen LogP contribution in [0.3, 0.4) is 0 Å². The zero-order chi connectivity index (χ0) is 13.0. The highest BCUT2D eigenvalue weighted by Crippen LogP contribution is 2.24. The van der Waals surface area contributed by atoms with Gasteiger partial charge in [-0.3, -0.25) is 4.79 Å². The van der Waals surface area contributed by atoms with Crippen LogP contribution in [0.25, 0.3) is 11.0 Å². The van der Waals surface area contributed by atoms with E-state index >= 15 is 0 Å². The molecule has 0 unspecified atom stereocenters. The molecule has 1 aromatic heterocycles. The number of aryl methyl sites for hydroxylation is 2.